The first kappa shape index (κ1) is 33.5. The zero-order chi connectivity index (χ0) is 31.0. The van der Waals surface area contributed by atoms with E-state index in [1.807, 2.05) is 20.8 Å². The van der Waals surface area contributed by atoms with Crippen LogP contribution in [0.5, 0.6) is 5.75 Å². The lowest BCUT2D eigenvalue weighted by atomic mass is 10.1. The van der Waals surface area contributed by atoms with E-state index in [2.05, 4.69) is 5.32 Å². The second-order valence-electron chi connectivity index (χ2n) is 9.66. The maximum Gasteiger partial charge on any atom is 0.264 e. The standard InChI is InChI=1S/C30H34Cl3N3O5S/c1-5-20(3)34-30(38)21(4)35(18-22-7-16-27(32)28(33)17-22)29(37)19-36(24-10-12-25(13-11-24)41-6-2)42(39,40)26-14-8-23(31)9-15-26/h7-17,20-21H,5-6,18-19H2,1-4H3,(H,34,38)/t20-,21+/m0/s1. The molecule has 226 valence electrons. The Morgan fingerprint density at radius 3 is 2.12 bits per heavy atom. The Labute approximate surface area is 262 Å². The van der Waals surface area contributed by atoms with Crippen LogP contribution in [0.3, 0.4) is 0 Å². The molecule has 2 atom stereocenters. The lowest BCUT2D eigenvalue weighted by Gasteiger charge is -2.32. The Bertz CT molecular complexity index is 1490. The highest BCUT2D eigenvalue weighted by Crippen LogP contribution is 2.28. The van der Waals surface area contributed by atoms with Crippen molar-refractivity contribution in [2.24, 2.45) is 0 Å². The van der Waals surface area contributed by atoms with Crippen molar-refractivity contribution in [1.82, 2.24) is 10.2 Å². The van der Waals surface area contributed by atoms with E-state index in [0.717, 1.165) is 4.31 Å². The van der Waals surface area contributed by atoms with Crippen LogP contribution >= 0.6 is 34.8 Å². The first-order valence-electron chi connectivity index (χ1n) is 13.4. The monoisotopic (exact) mass is 653 g/mol. The van der Waals surface area contributed by atoms with Crippen molar-refractivity contribution >= 4 is 62.3 Å². The van der Waals surface area contributed by atoms with Crippen LogP contribution in [-0.4, -0.2) is 50.4 Å². The molecule has 0 radical (unpaired) electrons. The minimum atomic E-state index is -4.23. The molecule has 3 aromatic rings. The zero-order valence-electron chi connectivity index (χ0n) is 23.8. The predicted molar refractivity (Wildman–Crippen MR) is 168 cm³/mol. The summed E-state index contributed by atoms with van der Waals surface area (Å²) in [5.41, 5.74) is 0.863. The summed E-state index contributed by atoms with van der Waals surface area (Å²) in [5.74, 6) is -0.418. The lowest BCUT2D eigenvalue weighted by Crippen LogP contribution is -2.52. The summed E-state index contributed by atoms with van der Waals surface area (Å²) in [7, 11) is -4.23. The first-order chi connectivity index (χ1) is 19.9. The summed E-state index contributed by atoms with van der Waals surface area (Å²) in [6.45, 7) is 7.08. The molecule has 1 N–H and O–H groups in total. The molecule has 3 aromatic carbocycles. The van der Waals surface area contributed by atoms with E-state index in [4.69, 9.17) is 39.5 Å². The van der Waals surface area contributed by atoms with Gasteiger partial charge >= 0.3 is 0 Å². The van der Waals surface area contributed by atoms with Crippen LogP contribution < -0.4 is 14.4 Å². The van der Waals surface area contributed by atoms with Gasteiger partial charge in [-0.25, -0.2) is 8.42 Å². The molecule has 0 aliphatic heterocycles. The Morgan fingerprint density at radius 2 is 1.55 bits per heavy atom. The molecule has 0 heterocycles. The Balaban J connectivity index is 2.04. The number of halogens is 3. The summed E-state index contributed by atoms with van der Waals surface area (Å²) in [6.07, 6.45) is 0.698. The molecule has 0 aliphatic carbocycles. The van der Waals surface area contributed by atoms with Gasteiger partial charge in [-0.05, 0) is 93.4 Å². The fraction of sp³-hybridized carbons (Fsp3) is 0.333. The third-order valence-electron chi connectivity index (χ3n) is 6.62. The van der Waals surface area contributed by atoms with Crippen molar-refractivity contribution in [2.75, 3.05) is 17.5 Å². The number of sulfonamides is 1. The van der Waals surface area contributed by atoms with Crippen molar-refractivity contribution in [3.8, 4) is 5.75 Å². The summed E-state index contributed by atoms with van der Waals surface area (Å²) in [5, 5.41) is 3.90. The molecule has 8 nitrogen and oxygen atoms in total. The molecule has 0 unspecified atom stereocenters. The third-order valence-corrected chi connectivity index (χ3v) is 9.40. The fourth-order valence-corrected chi connectivity index (χ4v) is 5.88. The smallest absolute Gasteiger partial charge is 0.264 e. The topological polar surface area (TPSA) is 96.0 Å². The van der Waals surface area contributed by atoms with Gasteiger partial charge in [0.25, 0.3) is 10.0 Å². The average Bonchev–Trinajstić information content (AvgIpc) is 2.96. The molecule has 3 rings (SSSR count). The molecule has 0 spiro atoms. The molecule has 0 bridgehead atoms. The van der Waals surface area contributed by atoms with Crippen LogP contribution in [0.15, 0.2) is 71.6 Å². The average molecular weight is 655 g/mol. The van der Waals surface area contributed by atoms with E-state index >= 15 is 0 Å². The molecular weight excluding hydrogens is 621 g/mol. The van der Waals surface area contributed by atoms with Gasteiger partial charge in [0.15, 0.2) is 0 Å². The number of amides is 2. The second kappa shape index (κ2) is 15.0. The molecule has 42 heavy (non-hydrogen) atoms. The number of nitrogens with one attached hydrogen (secondary N) is 1. The number of hydrogen-bond donors (Lipinski definition) is 1. The van der Waals surface area contributed by atoms with Crippen LogP contribution in [0.4, 0.5) is 5.69 Å². The molecule has 0 aromatic heterocycles. The largest absolute Gasteiger partial charge is 0.494 e. The van der Waals surface area contributed by atoms with Crippen molar-refractivity contribution in [3.63, 3.8) is 0 Å². The highest BCUT2D eigenvalue weighted by atomic mass is 35.5. The van der Waals surface area contributed by atoms with Gasteiger partial charge in [0, 0.05) is 17.6 Å². The number of rotatable bonds is 13. The van der Waals surface area contributed by atoms with Crippen LogP contribution in [0, 0.1) is 0 Å². The zero-order valence-corrected chi connectivity index (χ0v) is 26.9. The van der Waals surface area contributed by atoms with Crippen molar-refractivity contribution < 1.29 is 22.7 Å². The van der Waals surface area contributed by atoms with Gasteiger partial charge in [-0.2, -0.15) is 0 Å². The van der Waals surface area contributed by atoms with Crippen LogP contribution in [-0.2, 0) is 26.2 Å². The minimum absolute atomic E-state index is 0.0110. The highest BCUT2D eigenvalue weighted by molar-refractivity contribution is 7.92. The molecule has 0 aliphatic rings. The number of nitrogens with zero attached hydrogens (tertiary/aromatic N) is 2. The van der Waals surface area contributed by atoms with E-state index in [0.29, 0.717) is 39.4 Å². The number of hydrogen-bond acceptors (Lipinski definition) is 5. The number of carbonyl (C=O) groups excluding carboxylic acids is 2. The first-order valence-corrected chi connectivity index (χ1v) is 16.0. The van der Waals surface area contributed by atoms with Gasteiger partial charge in [0.05, 0.1) is 27.2 Å². The van der Waals surface area contributed by atoms with E-state index in [-0.39, 0.29) is 29.1 Å². The molecule has 0 saturated carbocycles. The van der Waals surface area contributed by atoms with Gasteiger partial charge in [0.2, 0.25) is 11.8 Å². The maximum absolute atomic E-state index is 14.0. The molecule has 12 heteroatoms. The molecule has 2 amide bonds. The third kappa shape index (κ3) is 8.53. The SMILES string of the molecule is CCOc1ccc(N(CC(=O)N(Cc2ccc(Cl)c(Cl)c2)[C@H](C)C(=O)N[C@@H](C)CC)S(=O)(=O)c2ccc(Cl)cc2)cc1. The predicted octanol–water partition coefficient (Wildman–Crippen LogP) is 6.57. The van der Waals surface area contributed by atoms with Crippen LogP contribution in [0.2, 0.25) is 15.1 Å². The minimum Gasteiger partial charge on any atom is -0.494 e. The summed E-state index contributed by atoms with van der Waals surface area (Å²) >= 11 is 18.3. The van der Waals surface area contributed by atoms with Gasteiger partial charge in [-0.3, -0.25) is 13.9 Å². The number of benzene rings is 3. The van der Waals surface area contributed by atoms with E-state index < -0.39 is 28.5 Å². The quantitative estimate of drug-likeness (QED) is 0.225. The van der Waals surface area contributed by atoms with Gasteiger partial charge in [0.1, 0.15) is 18.3 Å². The van der Waals surface area contributed by atoms with Gasteiger partial charge in [-0.15, -0.1) is 0 Å². The number of ether oxygens (including phenoxy) is 1. The Morgan fingerprint density at radius 1 is 0.905 bits per heavy atom. The van der Waals surface area contributed by atoms with E-state index in [9.17, 15) is 18.0 Å². The van der Waals surface area contributed by atoms with Crippen molar-refractivity contribution in [1.29, 1.82) is 0 Å². The van der Waals surface area contributed by atoms with Crippen LogP contribution in [0.25, 0.3) is 0 Å². The fourth-order valence-electron chi connectivity index (χ4n) is 4.02. The molecular formula is C30H34Cl3N3O5S. The molecule has 0 saturated heterocycles. The summed E-state index contributed by atoms with van der Waals surface area (Å²) < 4.78 is 34.3. The number of carbonyl (C=O) groups is 2. The Hall–Kier alpha value is -2.98. The Kier molecular flexibility index (Phi) is 11.9. The van der Waals surface area contributed by atoms with E-state index in [1.54, 1.807) is 49.4 Å². The highest BCUT2D eigenvalue weighted by Gasteiger charge is 2.33. The van der Waals surface area contributed by atoms with Crippen molar-refractivity contribution in [2.45, 2.75) is 57.6 Å². The molecule has 0 fully saturated rings. The second-order valence-corrected chi connectivity index (χ2v) is 12.8. The van der Waals surface area contributed by atoms with Crippen LogP contribution in [0.1, 0.15) is 39.7 Å². The summed E-state index contributed by atoms with van der Waals surface area (Å²) in [4.78, 5) is 28.5. The van der Waals surface area contributed by atoms with Crippen molar-refractivity contribution in [3.05, 3.63) is 87.4 Å². The lowest BCUT2D eigenvalue weighted by molar-refractivity contribution is -0.139. The number of anilines is 1. The summed E-state index contributed by atoms with van der Waals surface area (Å²) in [6, 6.07) is 15.9. The van der Waals surface area contributed by atoms with Gasteiger partial charge in [-0.1, -0.05) is 47.8 Å². The van der Waals surface area contributed by atoms with E-state index in [1.165, 1.54) is 29.2 Å². The van der Waals surface area contributed by atoms with Gasteiger partial charge < -0.3 is 15.0 Å². The maximum atomic E-state index is 14.0. The normalized spacial score (nSPS) is 12.7.